The van der Waals surface area contributed by atoms with Crippen LogP contribution < -0.4 is 15.0 Å². The second kappa shape index (κ2) is 12.8. The molecule has 0 saturated carbocycles. The molecule has 7 heteroatoms. The Kier molecular flexibility index (Phi) is 9.19. The van der Waals surface area contributed by atoms with Crippen LogP contribution in [0.15, 0.2) is 48.5 Å². The van der Waals surface area contributed by atoms with Gasteiger partial charge in [0.2, 0.25) is 0 Å². The van der Waals surface area contributed by atoms with E-state index in [1.165, 1.54) is 22.3 Å². The Morgan fingerprint density at radius 3 is 2.74 bits per heavy atom. The lowest BCUT2D eigenvalue weighted by atomic mass is 9.92. The van der Waals surface area contributed by atoms with E-state index < -0.39 is 5.60 Å². The van der Waals surface area contributed by atoms with Gasteiger partial charge in [0.1, 0.15) is 23.8 Å². The zero-order valence-electron chi connectivity index (χ0n) is 26.0. The van der Waals surface area contributed by atoms with Gasteiger partial charge in [-0.25, -0.2) is 4.98 Å². The van der Waals surface area contributed by atoms with E-state index in [2.05, 4.69) is 54.4 Å². The third kappa shape index (κ3) is 6.96. The van der Waals surface area contributed by atoms with E-state index in [1.54, 1.807) is 7.11 Å². The van der Waals surface area contributed by atoms with Gasteiger partial charge in [-0.2, -0.15) is 0 Å². The maximum Gasteiger partial charge on any atom is 0.312 e. The van der Waals surface area contributed by atoms with Crippen LogP contribution in [0.5, 0.6) is 5.75 Å². The highest BCUT2D eigenvalue weighted by molar-refractivity contribution is 5.74. The van der Waals surface area contributed by atoms with E-state index in [-0.39, 0.29) is 18.0 Å². The zero-order valence-corrected chi connectivity index (χ0v) is 26.0. The van der Waals surface area contributed by atoms with Crippen LogP contribution in [0.1, 0.15) is 61.9 Å². The summed E-state index contributed by atoms with van der Waals surface area (Å²) in [7, 11) is 1.66. The molecule has 1 N–H and O–H groups in total. The fourth-order valence-corrected chi connectivity index (χ4v) is 6.05. The van der Waals surface area contributed by atoms with Gasteiger partial charge < -0.3 is 24.4 Å². The Morgan fingerprint density at radius 1 is 1.14 bits per heavy atom. The predicted molar refractivity (Wildman–Crippen MR) is 167 cm³/mol. The second-order valence-electron chi connectivity index (χ2n) is 12.5. The van der Waals surface area contributed by atoms with Crippen LogP contribution in [0.3, 0.4) is 0 Å². The number of nitrogens with one attached hydrogen (secondary N) is 1. The summed E-state index contributed by atoms with van der Waals surface area (Å²) in [6.45, 7) is 13.8. The van der Waals surface area contributed by atoms with Gasteiger partial charge in [0, 0.05) is 32.3 Å². The lowest BCUT2D eigenvalue weighted by molar-refractivity contribution is -0.165. The Hall–Kier alpha value is -3.42. The molecular weight excluding hydrogens is 526 g/mol. The van der Waals surface area contributed by atoms with Crippen LogP contribution >= 0.6 is 0 Å². The van der Waals surface area contributed by atoms with Crippen molar-refractivity contribution in [2.75, 3.05) is 31.6 Å². The predicted octanol–water partition coefficient (Wildman–Crippen LogP) is 6.03. The summed E-state index contributed by atoms with van der Waals surface area (Å²) < 4.78 is 17.9. The van der Waals surface area contributed by atoms with E-state index in [0.29, 0.717) is 26.1 Å². The Morgan fingerprint density at radius 2 is 1.98 bits per heavy atom. The molecule has 7 nitrogen and oxygen atoms in total. The molecular formula is C35H45N3O4. The molecule has 0 bridgehead atoms. The number of pyridine rings is 1. The number of fused-ring (bicyclic) bond motifs is 1. The van der Waals surface area contributed by atoms with Crippen LogP contribution in [0.25, 0.3) is 11.3 Å². The number of benzene rings is 2. The third-order valence-electron chi connectivity index (χ3n) is 8.18. The zero-order chi connectivity index (χ0) is 29.9. The monoisotopic (exact) mass is 571 g/mol. The number of carbonyl (C=O) groups excluding carboxylic acids is 1. The van der Waals surface area contributed by atoms with Gasteiger partial charge in [0.05, 0.1) is 17.7 Å². The van der Waals surface area contributed by atoms with Crippen molar-refractivity contribution in [2.24, 2.45) is 5.92 Å². The molecule has 3 heterocycles. The van der Waals surface area contributed by atoms with E-state index in [4.69, 9.17) is 19.2 Å². The summed E-state index contributed by atoms with van der Waals surface area (Å²) in [6.07, 6.45) is 2.46. The molecule has 2 aliphatic rings. The Labute approximate surface area is 250 Å². The first-order valence-corrected chi connectivity index (χ1v) is 15.2. The third-order valence-corrected chi connectivity index (χ3v) is 8.18. The highest BCUT2D eigenvalue weighted by Crippen LogP contribution is 2.33. The summed E-state index contributed by atoms with van der Waals surface area (Å²) in [5.74, 6) is 1.19. The number of methoxy groups -OCH3 is 1. The number of rotatable bonds is 8. The van der Waals surface area contributed by atoms with Gasteiger partial charge in [0.25, 0.3) is 0 Å². The Balaban J connectivity index is 1.34. The number of aromatic nitrogens is 1. The smallest absolute Gasteiger partial charge is 0.312 e. The number of carbonyl (C=O) groups is 1. The van der Waals surface area contributed by atoms with Gasteiger partial charge in [0.15, 0.2) is 0 Å². The first kappa shape index (κ1) is 30.1. The normalized spacial score (nSPS) is 18.9. The van der Waals surface area contributed by atoms with E-state index in [9.17, 15) is 4.79 Å². The van der Waals surface area contributed by atoms with Crippen LogP contribution in [0.4, 0.5) is 5.82 Å². The highest BCUT2D eigenvalue weighted by atomic mass is 16.6. The molecule has 0 amide bonds. The topological polar surface area (TPSA) is 72.9 Å². The van der Waals surface area contributed by atoms with Crippen molar-refractivity contribution >= 4 is 11.8 Å². The number of piperidine rings is 1. The molecule has 1 aromatic heterocycles. The van der Waals surface area contributed by atoms with Gasteiger partial charge in [-0.3, -0.25) is 4.79 Å². The van der Waals surface area contributed by atoms with Crippen LogP contribution in [0, 0.1) is 12.8 Å². The summed E-state index contributed by atoms with van der Waals surface area (Å²) in [5, 5.41) is 3.50. The van der Waals surface area contributed by atoms with Crippen molar-refractivity contribution in [3.63, 3.8) is 0 Å². The number of nitrogens with zero attached hydrogens (tertiary/aromatic N) is 2. The number of ether oxygens (including phenoxy) is 3. The Bertz CT molecular complexity index is 1400. The van der Waals surface area contributed by atoms with E-state index in [1.807, 2.05) is 39.0 Å². The van der Waals surface area contributed by atoms with E-state index >= 15 is 0 Å². The van der Waals surface area contributed by atoms with Crippen LogP contribution in [0.2, 0.25) is 0 Å². The molecule has 0 aliphatic carbocycles. The molecule has 224 valence electrons. The van der Waals surface area contributed by atoms with Crippen LogP contribution in [-0.4, -0.2) is 49.4 Å². The minimum absolute atomic E-state index is 0.195. The summed E-state index contributed by atoms with van der Waals surface area (Å²) in [4.78, 5) is 20.1. The first-order valence-electron chi connectivity index (χ1n) is 15.2. The molecule has 1 saturated heterocycles. The molecule has 1 fully saturated rings. The van der Waals surface area contributed by atoms with Gasteiger partial charge in [-0.15, -0.1) is 0 Å². The van der Waals surface area contributed by atoms with Crippen molar-refractivity contribution in [2.45, 2.75) is 78.7 Å². The number of aryl methyl sites for hydroxylation is 2. The standard InChI is InChI=1S/C35H45N3O4/c1-7-25-18-24(19-26-13-15-36-20-29(25)26)22-41-31-12-11-23(2)17-28(31)30-9-8-10-33(37-30)38-16-14-27(32(21-38)40-6)34(39)42-35(3,4)5/h8-12,17-19,27,32,36H,7,13-16,20-22H2,1-6H3/t27-,32+/m0/s1. The van der Waals surface area contributed by atoms with Gasteiger partial charge >= 0.3 is 5.97 Å². The highest BCUT2D eigenvalue weighted by Gasteiger charge is 2.37. The molecule has 0 radical (unpaired) electrons. The fourth-order valence-electron chi connectivity index (χ4n) is 6.05. The van der Waals surface area contributed by atoms with Crippen molar-refractivity contribution in [3.8, 4) is 17.0 Å². The van der Waals surface area contributed by atoms with Crippen molar-refractivity contribution in [1.82, 2.24) is 10.3 Å². The molecule has 0 spiro atoms. The van der Waals surface area contributed by atoms with Crippen molar-refractivity contribution < 1.29 is 19.0 Å². The molecule has 2 aromatic carbocycles. The number of hydrogen-bond donors (Lipinski definition) is 1. The van der Waals surface area contributed by atoms with E-state index in [0.717, 1.165) is 54.3 Å². The summed E-state index contributed by atoms with van der Waals surface area (Å²) in [6, 6.07) is 17.0. The first-order chi connectivity index (χ1) is 20.1. The number of hydrogen-bond acceptors (Lipinski definition) is 7. The average Bonchev–Trinajstić information content (AvgIpc) is 2.98. The van der Waals surface area contributed by atoms with Crippen molar-refractivity contribution in [1.29, 1.82) is 0 Å². The maximum absolute atomic E-state index is 12.9. The number of esters is 1. The molecule has 2 aliphatic heterocycles. The van der Waals surface area contributed by atoms with Gasteiger partial charge in [-0.1, -0.05) is 36.8 Å². The quantitative estimate of drug-likeness (QED) is 0.331. The molecule has 42 heavy (non-hydrogen) atoms. The molecule has 5 rings (SSSR count). The fraction of sp³-hybridized carbons (Fsp3) is 0.486. The minimum Gasteiger partial charge on any atom is -0.488 e. The largest absolute Gasteiger partial charge is 0.488 e. The maximum atomic E-state index is 12.9. The minimum atomic E-state index is -0.522. The lowest BCUT2D eigenvalue weighted by Gasteiger charge is -2.38. The second-order valence-corrected chi connectivity index (χ2v) is 12.5. The lowest BCUT2D eigenvalue weighted by Crippen LogP contribution is -2.49. The van der Waals surface area contributed by atoms with Crippen LogP contribution in [-0.2, 0) is 40.3 Å². The summed E-state index contributed by atoms with van der Waals surface area (Å²) in [5.41, 5.74) is 7.97. The van der Waals surface area contributed by atoms with Gasteiger partial charge in [-0.05, 0) is 100 Å². The summed E-state index contributed by atoms with van der Waals surface area (Å²) >= 11 is 0. The molecule has 3 aromatic rings. The average molecular weight is 572 g/mol. The number of anilines is 1. The molecule has 0 unspecified atom stereocenters. The molecule has 2 atom stereocenters. The van der Waals surface area contributed by atoms with Crippen molar-refractivity contribution in [3.05, 3.63) is 76.3 Å². The SMILES string of the molecule is CCc1cc(COc2ccc(C)cc2-c2cccc(N3CC[C@H](C(=O)OC(C)(C)C)[C@H](OC)C3)n2)cc2c1CNCC2.